The number of rotatable bonds is 10. The number of aryl methyl sites for hydroxylation is 3. The number of carbonyl (C=O) groups is 1. The van der Waals surface area contributed by atoms with E-state index < -0.39 is 5.97 Å². The normalized spacial score (nSPS) is 10.5. The van der Waals surface area contributed by atoms with Crippen LogP contribution in [0.2, 0.25) is 0 Å². The lowest BCUT2D eigenvalue weighted by Gasteiger charge is -2.17. The molecule has 0 aliphatic heterocycles. The molecule has 2 aromatic rings. The van der Waals surface area contributed by atoms with E-state index in [1.807, 2.05) is 0 Å². The first-order valence-corrected chi connectivity index (χ1v) is 9.34. The molecule has 0 atom stereocenters. The van der Waals surface area contributed by atoms with Crippen molar-refractivity contribution in [2.45, 2.75) is 33.1 Å². The number of ether oxygens (including phenoxy) is 2. The Morgan fingerprint density at radius 3 is 2.52 bits per heavy atom. The molecule has 4 heteroatoms. The molecular formula is C23H28O4. The van der Waals surface area contributed by atoms with Crippen LogP contribution in [0.5, 0.6) is 5.75 Å². The van der Waals surface area contributed by atoms with E-state index >= 15 is 0 Å². The van der Waals surface area contributed by atoms with Gasteiger partial charge in [0.05, 0.1) is 0 Å². The Morgan fingerprint density at radius 2 is 1.89 bits per heavy atom. The first kappa shape index (κ1) is 20.7. The topological polar surface area (TPSA) is 55.8 Å². The Kier molecular flexibility index (Phi) is 8.08. The van der Waals surface area contributed by atoms with Crippen LogP contribution >= 0.6 is 0 Å². The van der Waals surface area contributed by atoms with Gasteiger partial charge < -0.3 is 14.6 Å². The van der Waals surface area contributed by atoms with Crippen LogP contribution in [0.3, 0.4) is 0 Å². The highest BCUT2D eigenvalue weighted by Crippen LogP contribution is 2.34. The maximum atomic E-state index is 11.2. The first-order valence-electron chi connectivity index (χ1n) is 9.34. The minimum atomic E-state index is -0.456. The van der Waals surface area contributed by atoms with Crippen LogP contribution < -0.4 is 4.74 Å². The lowest BCUT2D eigenvalue weighted by Crippen LogP contribution is -2.11. The van der Waals surface area contributed by atoms with Crippen molar-refractivity contribution in [3.8, 4) is 16.9 Å². The zero-order valence-electron chi connectivity index (χ0n) is 16.2. The molecule has 0 bridgehead atoms. The van der Waals surface area contributed by atoms with E-state index in [1.54, 1.807) is 0 Å². The SMILES string of the molecule is C=CC(=O)OCCOc1cc(CCCO)c(CC)cc1-c1ccc(C)cc1. The molecule has 0 fully saturated rings. The standard InChI is InChI=1S/C23H28O4/c1-4-18-15-21(19-10-8-17(3)9-11-19)22(16-20(18)7-6-12-24)26-13-14-27-23(25)5-2/h5,8-11,15-16,24H,2,4,6-7,12-14H2,1,3H3. The minimum absolute atomic E-state index is 0.163. The van der Waals surface area contributed by atoms with E-state index in [0.717, 1.165) is 35.8 Å². The molecule has 4 nitrogen and oxygen atoms in total. The van der Waals surface area contributed by atoms with E-state index in [9.17, 15) is 9.90 Å². The van der Waals surface area contributed by atoms with Gasteiger partial charge in [-0.1, -0.05) is 43.3 Å². The molecule has 0 aliphatic carbocycles. The summed E-state index contributed by atoms with van der Waals surface area (Å²) in [6, 6.07) is 12.6. The van der Waals surface area contributed by atoms with E-state index in [2.05, 4.69) is 56.8 Å². The van der Waals surface area contributed by atoms with Crippen molar-refractivity contribution in [2.24, 2.45) is 0 Å². The van der Waals surface area contributed by atoms with Crippen LogP contribution in [-0.4, -0.2) is 30.9 Å². The number of hydrogen-bond donors (Lipinski definition) is 1. The van der Waals surface area contributed by atoms with Crippen LogP contribution in [0.15, 0.2) is 49.1 Å². The highest BCUT2D eigenvalue weighted by molar-refractivity contribution is 5.81. The van der Waals surface area contributed by atoms with Gasteiger partial charge in [-0.2, -0.15) is 0 Å². The summed E-state index contributed by atoms with van der Waals surface area (Å²) in [5.74, 6) is 0.306. The number of benzene rings is 2. The average molecular weight is 368 g/mol. The quantitative estimate of drug-likeness (QED) is 0.387. The molecule has 27 heavy (non-hydrogen) atoms. The number of esters is 1. The maximum Gasteiger partial charge on any atom is 0.330 e. The fourth-order valence-electron chi connectivity index (χ4n) is 2.93. The van der Waals surface area contributed by atoms with E-state index in [-0.39, 0.29) is 19.8 Å². The van der Waals surface area contributed by atoms with Crippen LogP contribution in [0, 0.1) is 6.92 Å². The molecule has 0 saturated heterocycles. The van der Waals surface area contributed by atoms with Crippen molar-refractivity contribution in [2.75, 3.05) is 19.8 Å². The van der Waals surface area contributed by atoms with Gasteiger partial charge in [-0.05, 0) is 55.0 Å². The van der Waals surface area contributed by atoms with Crippen molar-refractivity contribution in [1.29, 1.82) is 0 Å². The van der Waals surface area contributed by atoms with Crippen LogP contribution in [-0.2, 0) is 22.4 Å². The second kappa shape index (κ2) is 10.5. The van der Waals surface area contributed by atoms with Gasteiger partial charge in [0, 0.05) is 18.2 Å². The monoisotopic (exact) mass is 368 g/mol. The van der Waals surface area contributed by atoms with E-state index in [4.69, 9.17) is 9.47 Å². The smallest absolute Gasteiger partial charge is 0.330 e. The summed E-state index contributed by atoms with van der Waals surface area (Å²) in [6.07, 6.45) is 3.57. The summed E-state index contributed by atoms with van der Waals surface area (Å²) in [6.45, 7) is 8.17. The third kappa shape index (κ3) is 5.97. The number of hydrogen-bond acceptors (Lipinski definition) is 4. The summed E-state index contributed by atoms with van der Waals surface area (Å²) in [5.41, 5.74) is 5.74. The second-order valence-corrected chi connectivity index (χ2v) is 6.38. The fraction of sp³-hybridized carbons (Fsp3) is 0.348. The van der Waals surface area contributed by atoms with Crippen molar-refractivity contribution in [1.82, 2.24) is 0 Å². The van der Waals surface area contributed by atoms with Crippen LogP contribution in [0.25, 0.3) is 11.1 Å². The Balaban J connectivity index is 2.31. The minimum Gasteiger partial charge on any atom is -0.489 e. The van der Waals surface area contributed by atoms with Crippen molar-refractivity contribution in [3.63, 3.8) is 0 Å². The molecular weight excluding hydrogens is 340 g/mol. The summed E-state index contributed by atoms with van der Waals surface area (Å²) < 4.78 is 11.0. The second-order valence-electron chi connectivity index (χ2n) is 6.38. The average Bonchev–Trinajstić information content (AvgIpc) is 2.69. The van der Waals surface area contributed by atoms with Gasteiger partial charge in [-0.3, -0.25) is 0 Å². The number of aliphatic hydroxyl groups excluding tert-OH is 1. The molecule has 1 N–H and O–H groups in total. The summed E-state index contributed by atoms with van der Waals surface area (Å²) in [5, 5.41) is 9.18. The van der Waals surface area contributed by atoms with Crippen molar-refractivity contribution >= 4 is 5.97 Å². The van der Waals surface area contributed by atoms with Crippen LogP contribution in [0.4, 0.5) is 0 Å². The van der Waals surface area contributed by atoms with E-state index in [1.165, 1.54) is 16.7 Å². The molecule has 0 spiro atoms. The van der Waals surface area contributed by atoms with Gasteiger partial charge in [-0.15, -0.1) is 0 Å². The van der Waals surface area contributed by atoms with Gasteiger partial charge >= 0.3 is 5.97 Å². The molecule has 0 radical (unpaired) electrons. The summed E-state index contributed by atoms with van der Waals surface area (Å²) in [4.78, 5) is 11.2. The van der Waals surface area contributed by atoms with Crippen LogP contribution in [0.1, 0.15) is 30.0 Å². The molecule has 0 saturated carbocycles. The summed E-state index contributed by atoms with van der Waals surface area (Å²) >= 11 is 0. The highest BCUT2D eigenvalue weighted by Gasteiger charge is 2.12. The van der Waals surface area contributed by atoms with Crippen molar-refractivity contribution in [3.05, 3.63) is 65.7 Å². The zero-order chi connectivity index (χ0) is 19.6. The molecule has 0 heterocycles. The lowest BCUT2D eigenvalue weighted by molar-refractivity contribution is -0.138. The molecule has 0 aliphatic rings. The van der Waals surface area contributed by atoms with Gasteiger partial charge in [0.15, 0.2) is 0 Å². The highest BCUT2D eigenvalue weighted by atomic mass is 16.6. The first-order chi connectivity index (χ1) is 13.1. The molecule has 2 rings (SSSR count). The lowest BCUT2D eigenvalue weighted by atomic mass is 9.94. The predicted octanol–water partition coefficient (Wildman–Crippen LogP) is 4.26. The van der Waals surface area contributed by atoms with Gasteiger partial charge in [-0.25, -0.2) is 4.79 Å². The largest absolute Gasteiger partial charge is 0.489 e. The third-order valence-corrected chi connectivity index (χ3v) is 4.40. The predicted molar refractivity (Wildman–Crippen MR) is 108 cm³/mol. The fourth-order valence-corrected chi connectivity index (χ4v) is 2.93. The van der Waals surface area contributed by atoms with Gasteiger partial charge in [0.2, 0.25) is 0 Å². The maximum absolute atomic E-state index is 11.2. The molecule has 2 aromatic carbocycles. The molecule has 0 amide bonds. The summed E-state index contributed by atoms with van der Waals surface area (Å²) in [7, 11) is 0. The Morgan fingerprint density at radius 1 is 1.15 bits per heavy atom. The molecule has 144 valence electrons. The van der Waals surface area contributed by atoms with Crippen molar-refractivity contribution < 1.29 is 19.4 Å². The Labute approximate surface area is 161 Å². The molecule has 0 unspecified atom stereocenters. The van der Waals surface area contributed by atoms with Gasteiger partial charge in [0.1, 0.15) is 19.0 Å². The number of aliphatic hydroxyl groups is 1. The Hall–Kier alpha value is -2.59. The zero-order valence-corrected chi connectivity index (χ0v) is 16.2. The Bertz CT molecular complexity index is 763. The molecule has 0 aromatic heterocycles. The number of carbonyl (C=O) groups excluding carboxylic acids is 1. The van der Waals surface area contributed by atoms with E-state index in [0.29, 0.717) is 6.42 Å². The third-order valence-electron chi connectivity index (χ3n) is 4.40. The van der Waals surface area contributed by atoms with Gasteiger partial charge in [0.25, 0.3) is 0 Å².